The minimum atomic E-state index is -0.726. The Kier molecular flexibility index (Phi) is 8.86. The summed E-state index contributed by atoms with van der Waals surface area (Å²) in [7, 11) is 0. The topological polar surface area (TPSA) is 93.1 Å². The highest BCUT2D eigenvalue weighted by Crippen LogP contribution is 1.94. The molecule has 0 aromatic heterocycles. The van der Waals surface area contributed by atoms with Gasteiger partial charge < -0.3 is 19.7 Å². The van der Waals surface area contributed by atoms with Crippen LogP contribution in [0.2, 0.25) is 0 Å². The Morgan fingerprint density at radius 3 is 1.56 bits per heavy atom. The fourth-order valence-electron chi connectivity index (χ4n) is 0.825. The lowest BCUT2D eigenvalue weighted by molar-refractivity contribution is -0.143. The lowest BCUT2D eigenvalue weighted by Gasteiger charge is -2.07. The predicted octanol–water partition coefficient (Wildman–Crippen LogP) is 0.171. The normalized spacial score (nSPS) is 14.2. The number of aliphatic hydroxyl groups excluding tert-OH is 2. The second kappa shape index (κ2) is 9.61. The smallest absolute Gasteiger partial charge is 0.331 e. The largest absolute Gasteiger partial charge is 0.460 e. The molecule has 0 radical (unpaired) electrons. The standard InChI is InChI=1S/C12H20O6/c1-3-9(13)7-17-11(15)5-6-12(16)18-8-10(14)4-2/h5-6,9-10,13-14H,3-4,7-8H2,1-2H3/b6-5-. The van der Waals surface area contributed by atoms with E-state index < -0.39 is 24.1 Å². The number of carbonyl (C=O) groups is 2. The van der Waals surface area contributed by atoms with E-state index >= 15 is 0 Å². The van der Waals surface area contributed by atoms with Crippen molar-refractivity contribution in [2.24, 2.45) is 0 Å². The van der Waals surface area contributed by atoms with Crippen LogP contribution < -0.4 is 0 Å². The molecule has 2 N–H and O–H groups in total. The quantitative estimate of drug-likeness (QED) is 0.477. The van der Waals surface area contributed by atoms with Gasteiger partial charge >= 0.3 is 11.9 Å². The number of aliphatic hydroxyl groups is 2. The first kappa shape index (κ1) is 16.6. The molecular weight excluding hydrogens is 240 g/mol. The van der Waals surface area contributed by atoms with Crippen LogP contribution in [0.3, 0.4) is 0 Å². The van der Waals surface area contributed by atoms with Crippen LogP contribution in [0.4, 0.5) is 0 Å². The molecule has 0 rings (SSSR count). The number of esters is 2. The van der Waals surface area contributed by atoms with Crippen molar-refractivity contribution in [3.05, 3.63) is 12.2 Å². The molecule has 0 aromatic rings. The van der Waals surface area contributed by atoms with Crippen molar-refractivity contribution in [2.75, 3.05) is 13.2 Å². The van der Waals surface area contributed by atoms with Crippen molar-refractivity contribution in [3.8, 4) is 0 Å². The molecule has 0 saturated heterocycles. The number of ether oxygens (including phenoxy) is 2. The van der Waals surface area contributed by atoms with Crippen molar-refractivity contribution in [1.29, 1.82) is 0 Å². The molecule has 0 aliphatic rings. The first-order valence-electron chi connectivity index (χ1n) is 5.87. The first-order valence-corrected chi connectivity index (χ1v) is 5.87. The van der Waals surface area contributed by atoms with Crippen LogP contribution >= 0.6 is 0 Å². The maximum absolute atomic E-state index is 11.1. The molecule has 0 amide bonds. The Balaban J connectivity index is 3.85. The molecule has 0 saturated carbocycles. The average molecular weight is 260 g/mol. The monoisotopic (exact) mass is 260 g/mol. The highest BCUT2D eigenvalue weighted by Gasteiger charge is 2.06. The number of hydrogen-bond acceptors (Lipinski definition) is 6. The molecule has 18 heavy (non-hydrogen) atoms. The highest BCUT2D eigenvalue weighted by atomic mass is 16.5. The summed E-state index contributed by atoms with van der Waals surface area (Å²) >= 11 is 0. The van der Waals surface area contributed by atoms with Crippen LogP contribution in [0.1, 0.15) is 26.7 Å². The summed E-state index contributed by atoms with van der Waals surface area (Å²) < 4.78 is 9.32. The number of hydrogen-bond donors (Lipinski definition) is 2. The van der Waals surface area contributed by atoms with Crippen molar-refractivity contribution in [3.63, 3.8) is 0 Å². The number of rotatable bonds is 8. The van der Waals surface area contributed by atoms with Gasteiger partial charge in [0.25, 0.3) is 0 Å². The highest BCUT2D eigenvalue weighted by molar-refractivity contribution is 5.91. The Morgan fingerprint density at radius 2 is 1.28 bits per heavy atom. The molecule has 104 valence electrons. The van der Waals surface area contributed by atoms with E-state index in [1.807, 2.05) is 0 Å². The van der Waals surface area contributed by atoms with Gasteiger partial charge in [0.15, 0.2) is 0 Å². The summed E-state index contributed by atoms with van der Waals surface area (Å²) in [6.07, 6.45) is 1.40. The molecular formula is C12H20O6. The summed E-state index contributed by atoms with van der Waals surface area (Å²) in [5.74, 6) is -1.45. The van der Waals surface area contributed by atoms with Crippen LogP contribution in [-0.2, 0) is 19.1 Å². The number of carbonyl (C=O) groups excluding carboxylic acids is 2. The van der Waals surface area contributed by atoms with Crippen LogP contribution in [0.5, 0.6) is 0 Å². The van der Waals surface area contributed by atoms with Crippen molar-refractivity contribution >= 4 is 11.9 Å². The summed E-state index contributed by atoms with van der Waals surface area (Å²) in [6, 6.07) is 0. The zero-order chi connectivity index (χ0) is 14.0. The van der Waals surface area contributed by atoms with Crippen molar-refractivity contribution < 1.29 is 29.3 Å². The molecule has 0 heterocycles. The van der Waals surface area contributed by atoms with E-state index in [0.29, 0.717) is 12.8 Å². The van der Waals surface area contributed by atoms with E-state index in [-0.39, 0.29) is 13.2 Å². The van der Waals surface area contributed by atoms with Gasteiger partial charge in [0.2, 0.25) is 0 Å². The molecule has 2 unspecified atom stereocenters. The molecule has 0 aliphatic carbocycles. The maximum atomic E-state index is 11.1. The lowest BCUT2D eigenvalue weighted by atomic mass is 10.3. The van der Waals surface area contributed by atoms with Gasteiger partial charge in [0, 0.05) is 12.2 Å². The van der Waals surface area contributed by atoms with E-state index in [0.717, 1.165) is 12.2 Å². The molecule has 0 bridgehead atoms. The summed E-state index contributed by atoms with van der Waals surface area (Å²) in [5, 5.41) is 18.3. The fraction of sp³-hybridized carbons (Fsp3) is 0.667. The first-order chi connectivity index (χ1) is 8.49. The summed E-state index contributed by atoms with van der Waals surface area (Å²) in [6.45, 7) is 3.29. The van der Waals surface area contributed by atoms with E-state index in [2.05, 4.69) is 9.47 Å². The van der Waals surface area contributed by atoms with Crippen LogP contribution in [-0.4, -0.2) is 47.6 Å². The third-order valence-corrected chi connectivity index (χ3v) is 2.13. The van der Waals surface area contributed by atoms with Crippen molar-refractivity contribution in [1.82, 2.24) is 0 Å². The Labute approximate surface area is 106 Å². The van der Waals surface area contributed by atoms with E-state index in [9.17, 15) is 9.59 Å². The van der Waals surface area contributed by atoms with Crippen LogP contribution in [0.15, 0.2) is 12.2 Å². The van der Waals surface area contributed by atoms with Gasteiger partial charge in [-0.3, -0.25) is 0 Å². The van der Waals surface area contributed by atoms with Crippen LogP contribution in [0.25, 0.3) is 0 Å². The molecule has 0 aromatic carbocycles. The molecule has 6 heteroatoms. The molecule has 0 spiro atoms. The average Bonchev–Trinajstić information content (AvgIpc) is 2.39. The third-order valence-electron chi connectivity index (χ3n) is 2.13. The lowest BCUT2D eigenvalue weighted by Crippen LogP contribution is -2.18. The van der Waals surface area contributed by atoms with Crippen molar-refractivity contribution in [2.45, 2.75) is 38.9 Å². The Hall–Kier alpha value is -1.40. The Morgan fingerprint density at radius 1 is 0.944 bits per heavy atom. The summed E-state index contributed by atoms with van der Waals surface area (Å²) in [4.78, 5) is 22.2. The SMILES string of the molecule is CCC(O)COC(=O)/C=C\C(=O)OCC(O)CC. The van der Waals surface area contributed by atoms with E-state index in [4.69, 9.17) is 10.2 Å². The van der Waals surface area contributed by atoms with E-state index in [1.54, 1.807) is 13.8 Å². The zero-order valence-electron chi connectivity index (χ0n) is 10.7. The second-order valence-corrected chi connectivity index (χ2v) is 3.72. The summed E-state index contributed by atoms with van der Waals surface area (Å²) in [5.41, 5.74) is 0. The predicted molar refractivity (Wildman–Crippen MR) is 63.7 cm³/mol. The Bertz CT molecular complexity index is 258. The van der Waals surface area contributed by atoms with Crippen LogP contribution in [0, 0.1) is 0 Å². The molecule has 6 nitrogen and oxygen atoms in total. The third kappa shape index (κ3) is 8.72. The van der Waals surface area contributed by atoms with Gasteiger partial charge in [-0.2, -0.15) is 0 Å². The van der Waals surface area contributed by atoms with E-state index in [1.165, 1.54) is 0 Å². The molecule has 2 atom stereocenters. The van der Waals surface area contributed by atoms with Gasteiger partial charge in [0.1, 0.15) is 13.2 Å². The zero-order valence-corrected chi connectivity index (χ0v) is 10.7. The van der Waals surface area contributed by atoms with Gasteiger partial charge in [-0.1, -0.05) is 13.8 Å². The fourth-order valence-corrected chi connectivity index (χ4v) is 0.825. The van der Waals surface area contributed by atoms with Gasteiger partial charge in [0.05, 0.1) is 12.2 Å². The molecule has 0 fully saturated rings. The second-order valence-electron chi connectivity index (χ2n) is 3.72. The van der Waals surface area contributed by atoms with Gasteiger partial charge in [-0.15, -0.1) is 0 Å². The van der Waals surface area contributed by atoms with Gasteiger partial charge in [-0.05, 0) is 12.8 Å². The van der Waals surface area contributed by atoms with Gasteiger partial charge in [-0.25, -0.2) is 9.59 Å². The molecule has 0 aliphatic heterocycles. The maximum Gasteiger partial charge on any atom is 0.331 e. The minimum absolute atomic E-state index is 0.108. The minimum Gasteiger partial charge on any atom is -0.460 e.